The van der Waals surface area contributed by atoms with Gasteiger partial charge in [-0.05, 0) is 12.1 Å². The third kappa shape index (κ3) is 7.22. The Kier molecular flexibility index (Phi) is 11.1. The van der Waals surface area contributed by atoms with Crippen molar-refractivity contribution in [2.75, 3.05) is 79.8 Å². The fourth-order valence-electron chi connectivity index (χ4n) is 4.08. The molecule has 0 atom stereocenters. The first kappa shape index (κ1) is 28.2. The van der Waals surface area contributed by atoms with Crippen molar-refractivity contribution in [3.8, 4) is 28.7 Å². The van der Waals surface area contributed by atoms with Crippen molar-refractivity contribution in [3.05, 3.63) is 35.9 Å². The van der Waals surface area contributed by atoms with Crippen molar-refractivity contribution in [1.29, 1.82) is 0 Å². The second kappa shape index (κ2) is 13.7. The summed E-state index contributed by atoms with van der Waals surface area (Å²) in [7, 11) is 7.87. The van der Waals surface area contributed by atoms with Crippen LogP contribution in [0.15, 0.2) is 30.3 Å². The Hall–Kier alpha value is -3.04. The number of nitrogens with zero attached hydrogens (tertiary/aromatic N) is 1. The number of carbonyl (C=O) groups is 1. The van der Waals surface area contributed by atoms with Crippen LogP contribution in [0.5, 0.6) is 28.7 Å². The van der Waals surface area contributed by atoms with E-state index in [1.807, 2.05) is 18.2 Å². The molecule has 35 heavy (non-hydrogen) atoms. The van der Waals surface area contributed by atoms with E-state index in [0.29, 0.717) is 29.4 Å². The van der Waals surface area contributed by atoms with Crippen LogP contribution in [0, 0.1) is 0 Å². The summed E-state index contributed by atoms with van der Waals surface area (Å²) in [5.41, 5.74) is 1.47. The lowest BCUT2D eigenvalue weighted by Gasteiger charge is -2.34. The first-order valence-electron chi connectivity index (χ1n) is 11.3. The topological polar surface area (TPSA) is 80.1 Å². The first-order valence-corrected chi connectivity index (χ1v) is 11.3. The van der Waals surface area contributed by atoms with Crippen molar-refractivity contribution in [2.24, 2.45) is 0 Å². The summed E-state index contributed by atoms with van der Waals surface area (Å²) in [6.07, 6.45) is 0.790. The fraction of sp³-hybridized carbons (Fsp3) is 0.480. The van der Waals surface area contributed by atoms with Gasteiger partial charge in [-0.15, -0.1) is 0 Å². The number of hydrogen-bond donors (Lipinski definition) is 1. The van der Waals surface area contributed by atoms with Gasteiger partial charge in [-0.2, -0.15) is 0 Å². The lowest BCUT2D eigenvalue weighted by Crippen LogP contribution is -3.14. The number of quaternary nitrogens is 1. The van der Waals surface area contributed by atoms with Crippen molar-refractivity contribution in [2.45, 2.75) is 6.42 Å². The van der Waals surface area contributed by atoms with Crippen LogP contribution >= 0.6 is 0 Å². The van der Waals surface area contributed by atoms with Gasteiger partial charge in [0.15, 0.2) is 11.5 Å². The van der Waals surface area contributed by atoms with E-state index in [1.165, 1.54) is 26.2 Å². The third-order valence-corrected chi connectivity index (χ3v) is 5.98. The highest BCUT2D eigenvalue weighted by Gasteiger charge is 2.22. The summed E-state index contributed by atoms with van der Waals surface area (Å²) in [6.45, 7) is 5.21. The Morgan fingerprint density at radius 2 is 1.40 bits per heavy atom. The molecule has 0 saturated carbocycles. The summed E-state index contributed by atoms with van der Waals surface area (Å²) in [5.74, 6) is 2.45. The van der Waals surface area contributed by atoms with Gasteiger partial charge in [0.25, 0.3) is 0 Å². The van der Waals surface area contributed by atoms with Gasteiger partial charge >= 0.3 is 5.97 Å². The van der Waals surface area contributed by atoms with Crippen LogP contribution in [0.25, 0.3) is 0 Å². The smallest absolute Gasteiger partial charge is 0.338 e. The zero-order chi connectivity index (χ0) is 24.5. The maximum absolute atomic E-state index is 12.5. The van der Waals surface area contributed by atoms with Crippen LogP contribution in [-0.4, -0.2) is 80.8 Å². The molecule has 0 aliphatic carbocycles. The molecule has 0 radical (unpaired) electrons. The average molecular weight is 511 g/mol. The predicted molar refractivity (Wildman–Crippen MR) is 128 cm³/mol. The Morgan fingerprint density at radius 3 is 1.89 bits per heavy atom. The number of rotatable bonds is 11. The Bertz CT molecular complexity index is 918. The second-order valence-corrected chi connectivity index (χ2v) is 7.96. The summed E-state index contributed by atoms with van der Waals surface area (Å²) in [5, 5.41) is 0. The Labute approximate surface area is 213 Å². The number of methoxy groups -OCH3 is 5. The average Bonchev–Trinajstić information content (AvgIpc) is 2.89. The molecule has 1 aliphatic rings. The monoisotopic (exact) mass is 510 g/mol. The van der Waals surface area contributed by atoms with E-state index in [2.05, 4.69) is 4.90 Å². The van der Waals surface area contributed by atoms with Gasteiger partial charge in [0, 0.05) is 30.3 Å². The molecule has 0 spiro atoms. The molecule has 2 aromatic carbocycles. The zero-order valence-corrected chi connectivity index (χ0v) is 21.8. The summed E-state index contributed by atoms with van der Waals surface area (Å²) in [6, 6.07) is 9.15. The van der Waals surface area contributed by atoms with Crippen molar-refractivity contribution in [3.63, 3.8) is 0 Å². The lowest BCUT2D eigenvalue weighted by molar-refractivity contribution is -0.900. The maximum Gasteiger partial charge on any atom is 0.338 e. The molecule has 0 bridgehead atoms. The van der Waals surface area contributed by atoms with Crippen LogP contribution in [0.1, 0.15) is 16.8 Å². The highest BCUT2D eigenvalue weighted by atomic mass is 35.5. The lowest BCUT2D eigenvalue weighted by atomic mass is 10.2. The molecule has 0 amide bonds. The molecular formula is C25H35ClN2O7. The quantitative estimate of drug-likeness (QED) is 0.295. The molecule has 10 heteroatoms. The number of halogens is 1. The number of esters is 1. The number of nitrogens with one attached hydrogen (secondary N) is 1. The zero-order valence-electron chi connectivity index (χ0n) is 21.0. The van der Waals surface area contributed by atoms with Crippen LogP contribution in [0.3, 0.4) is 0 Å². The standard InChI is InChI=1S/C25H34N2O7.ClH/c1-29-20-15-19(16-21(17-20)30-2)27-10-8-26(9-11-27)7-6-12-34-25(28)18-13-22(31-3)24(33-5)23(14-18)32-4;/h13-17H,6-12H2,1-5H3;1H. The highest BCUT2D eigenvalue weighted by molar-refractivity contribution is 5.91. The van der Waals surface area contributed by atoms with E-state index in [-0.39, 0.29) is 12.4 Å². The number of carbonyl (C=O) groups excluding carboxylic acids is 1. The summed E-state index contributed by atoms with van der Waals surface area (Å²) < 4.78 is 32.2. The van der Waals surface area contributed by atoms with Gasteiger partial charge in [-0.3, -0.25) is 0 Å². The minimum atomic E-state index is -0.411. The first-order chi connectivity index (χ1) is 16.5. The number of anilines is 1. The van der Waals surface area contributed by atoms with E-state index in [1.54, 1.807) is 26.4 Å². The minimum absolute atomic E-state index is 0. The molecule has 194 valence electrons. The van der Waals surface area contributed by atoms with E-state index in [4.69, 9.17) is 28.4 Å². The molecule has 0 unspecified atom stereocenters. The van der Waals surface area contributed by atoms with Gasteiger partial charge in [0.05, 0.1) is 80.4 Å². The summed E-state index contributed by atoms with van der Waals surface area (Å²) >= 11 is 0. The third-order valence-electron chi connectivity index (χ3n) is 5.98. The molecule has 9 nitrogen and oxygen atoms in total. The number of piperazine rings is 1. The largest absolute Gasteiger partial charge is 1.00 e. The molecule has 1 aliphatic heterocycles. The maximum atomic E-state index is 12.5. The van der Waals surface area contributed by atoms with Crippen molar-refractivity contribution < 1.29 is 50.5 Å². The second-order valence-electron chi connectivity index (χ2n) is 7.96. The molecule has 1 heterocycles. The predicted octanol–water partition coefficient (Wildman–Crippen LogP) is -1.31. The van der Waals surface area contributed by atoms with E-state index in [9.17, 15) is 4.79 Å². The number of benzene rings is 2. The van der Waals surface area contributed by atoms with Gasteiger partial charge in [0.2, 0.25) is 5.75 Å². The number of hydrogen-bond acceptors (Lipinski definition) is 8. The van der Waals surface area contributed by atoms with Gasteiger partial charge in [-0.1, -0.05) is 0 Å². The Balaban J connectivity index is 0.00000432. The van der Waals surface area contributed by atoms with Crippen LogP contribution in [0.4, 0.5) is 5.69 Å². The minimum Gasteiger partial charge on any atom is -1.00 e. The van der Waals surface area contributed by atoms with E-state index >= 15 is 0 Å². The van der Waals surface area contributed by atoms with Crippen LogP contribution < -0.4 is 45.9 Å². The Morgan fingerprint density at radius 1 is 0.829 bits per heavy atom. The fourth-order valence-corrected chi connectivity index (χ4v) is 4.08. The molecule has 3 rings (SSSR count). The van der Waals surface area contributed by atoms with Gasteiger partial charge < -0.3 is 50.6 Å². The SMILES string of the molecule is COc1cc(OC)cc(N2CC[NH+](CCCOC(=O)c3cc(OC)c(OC)c(OC)c3)CC2)c1.[Cl-]. The highest BCUT2D eigenvalue weighted by Crippen LogP contribution is 2.38. The van der Waals surface area contributed by atoms with Crippen LogP contribution in [0.2, 0.25) is 0 Å². The van der Waals surface area contributed by atoms with Crippen molar-refractivity contribution >= 4 is 11.7 Å². The number of ether oxygens (including phenoxy) is 6. The van der Waals surface area contributed by atoms with Gasteiger partial charge in [-0.25, -0.2) is 4.79 Å². The molecule has 0 aromatic heterocycles. The van der Waals surface area contributed by atoms with E-state index < -0.39 is 5.97 Å². The molecule has 1 saturated heterocycles. The molecule has 2 aromatic rings. The van der Waals surface area contributed by atoms with Gasteiger partial charge in [0.1, 0.15) is 11.5 Å². The summed E-state index contributed by atoms with van der Waals surface area (Å²) in [4.78, 5) is 16.4. The molecule has 1 fully saturated rings. The van der Waals surface area contributed by atoms with E-state index in [0.717, 1.165) is 56.3 Å². The normalized spacial score (nSPS) is 13.5. The molecule has 1 N–H and O–H groups in total. The van der Waals surface area contributed by atoms with Crippen LogP contribution in [-0.2, 0) is 4.74 Å². The molecular weight excluding hydrogens is 476 g/mol. The van der Waals surface area contributed by atoms with Crippen molar-refractivity contribution in [1.82, 2.24) is 0 Å².